The van der Waals surface area contributed by atoms with Crippen molar-refractivity contribution >= 4 is 29.0 Å². The first-order valence-electron chi connectivity index (χ1n) is 10.5. The maximum atomic E-state index is 13.8. The highest BCUT2D eigenvalue weighted by atomic mass is 16.2. The zero-order chi connectivity index (χ0) is 22.9. The number of imide groups is 1. The highest BCUT2D eigenvalue weighted by Crippen LogP contribution is 2.34. The molecule has 160 valence electrons. The first-order chi connectivity index (χ1) is 16.1. The van der Waals surface area contributed by atoms with Crippen LogP contribution >= 0.6 is 0 Å². The monoisotopic (exact) mass is 434 g/mol. The number of hydrazone groups is 1. The summed E-state index contributed by atoms with van der Waals surface area (Å²) < 4.78 is 0. The van der Waals surface area contributed by atoms with Crippen LogP contribution in [0.3, 0.4) is 0 Å². The Balaban J connectivity index is 1.50. The van der Waals surface area contributed by atoms with Crippen LogP contribution in [0.15, 0.2) is 90.0 Å². The van der Waals surface area contributed by atoms with E-state index in [4.69, 9.17) is 5.26 Å². The number of carbonyl (C=O) groups excluding carboxylic acids is 3. The number of ketones is 1. The number of nitriles is 1. The van der Waals surface area contributed by atoms with Crippen molar-refractivity contribution in [3.63, 3.8) is 0 Å². The molecule has 1 N–H and O–H groups in total. The Morgan fingerprint density at radius 3 is 2.00 bits per heavy atom. The standard InChI is InChI=1S/C26H18N4O3/c27-15-16-11-13-19(14-12-16)30-25(32)21-22(28-29-23(21)26(30)33)24(31)20(17-7-3-1-4-8-17)18-9-5-2-6-10-18/h1-14,20-21,23,29H/t21-,23+/m0/s1. The van der Waals surface area contributed by atoms with Crippen LogP contribution in [0.25, 0.3) is 0 Å². The van der Waals surface area contributed by atoms with E-state index in [0.717, 1.165) is 16.0 Å². The summed E-state index contributed by atoms with van der Waals surface area (Å²) in [6.45, 7) is 0. The summed E-state index contributed by atoms with van der Waals surface area (Å²) in [7, 11) is 0. The number of fused-ring (bicyclic) bond motifs is 1. The van der Waals surface area contributed by atoms with Crippen LogP contribution in [0.2, 0.25) is 0 Å². The number of Topliss-reactive ketones (excluding diaryl/α,β-unsaturated/α-hetero) is 1. The van der Waals surface area contributed by atoms with Crippen LogP contribution in [0.1, 0.15) is 22.6 Å². The van der Waals surface area contributed by atoms with Gasteiger partial charge in [-0.05, 0) is 35.4 Å². The summed E-state index contributed by atoms with van der Waals surface area (Å²) in [5.41, 5.74) is 5.09. The Morgan fingerprint density at radius 2 is 1.45 bits per heavy atom. The van der Waals surface area contributed by atoms with Gasteiger partial charge in [-0.15, -0.1) is 0 Å². The van der Waals surface area contributed by atoms with Gasteiger partial charge in [0.15, 0.2) is 5.78 Å². The van der Waals surface area contributed by atoms with E-state index < -0.39 is 29.7 Å². The summed E-state index contributed by atoms with van der Waals surface area (Å²) in [5.74, 6) is -2.96. The number of benzene rings is 3. The SMILES string of the molecule is N#Cc1ccc(N2C(=O)[C@H]3C(C(=O)C(c4ccccc4)c4ccccc4)=NN[C@H]3C2=O)cc1. The highest BCUT2D eigenvalue weighted by molar-refractivity contribution is 6.50. The van der Waals surface area contributed by atoms with E-state index in [9.17, 15) is 14.4 Å². The van der Waals surface area contributed by atoms with Gasteiger partial charge in [0.05, 0.1) is 23.2 Å². The molecule has 2 amide bonds. The van der Waals surface area contributed by atoms with E-state index in [0.29, 0.717) is 11.3 Å². The van der Waals surface area contributed by atoms with E-state index >= 15 is 0 Å². The predicted octanol–water partition coefficient (Wildman–Crippen LogP) is 2.78. The van der Waals surface area contributed by atoms with Gasteiger partial charge in [0.1, 0.15) is 17.7 Å². The van der Waals surface area contributed by atoms with E-state index in [1.54, 1.807) is 24.3 Å². The number of nitrogens with one attached hydrogen (secondary N) is 1. The largest absolute Gasteiger partial charge is 0.296 e. The van der Waals surface area contributed by atoms with Gasteiger partial charge < -0.3 is 0 Å². The van der Waals surface area contributed by atoms with E-state index in [2.05, 4.69) is 10.5 Å². The third kappa shape index (κ3) is 3.38. The van der Waals surface area contributed by atoms with Gasteiger partial charge in [-0.3, -0.25) is 19.8 Å². The van der Waals surface area contributed by atoms with Crippen molar-refractivity contribution in [2.45, 2.75) is 12.0 Å². The number of nitrogens with zero attached hydrogens (tertiary/aromatic N) is 3. The molecule has 2 atom stereocenters. The molecular weight excluding hydrogens is 416 g/mol. The lowest BCUT2D eigenvalue weighted by atomic mass is 9.82. The van der Waals surface area contributed by atoms with E-state index in [-0.39, 0.29) is 11.5 Å². The molecule has 7 nitrogen and oxygen atoms in total. The second kappa shape index (κ2) is 8.17. The molecular formula is C26H18N4O3. The van der Waals surface area contributed by atoms with Gasteiger partial charge in [-0.25, -0.2) is 4.90 Å². The molecule has 33 heavy (non-hydrogen) atoms. The smallest absolute Gasteiger partial charge is 0.259 e. The van der Waals surface area contributed by atoms with Crippen LogP contribution in [0, 0.1) is 17.2 Å². The molecule has 3 aromatic rings. The second-order valence-electron chi connectivity index (χ2n) is 7.87. The van der Waals surface area contributed by atoms with Gasteiger partial charge in [0, 0.05) is 0 Å². The number of anilines is 1. The molecule has 0 unspecified atom stereocenters. The topological polar surface area (TPSA) is 103 Å². The Morgan fingerprint density at radius 1 is 0.879 bits per heavy atom. The fourth-order valence-corrected chi connectivity index (χ4v) is 4.37. The minimum absolute atomic E-state index is 0.0483. The number of amides is 2. The molecule has 2 heterocycles. The van der Waals surface area contributed by atoms with E-state index in [1.807, 2.05) is 66.7 Å². The van der Waals surface area contributed by atoms with Crippen molar-refractivity contribution in [2.24, 2.45) is 11.0 Å². The first-order valence-corrected chi connectivity index (χ1v) is 10.5. The molecule has 5 rings (SSSR count). The second-order valence-corrected chi connectivity index (χ2v) is 7.87. The number of hydrogen-bond acceptors (Lipinski definition) is 6. The average Bonchev–Trinajstić information content (AvgIpc) is 3.40. The van der Waals surface area contributed by atoms with Gasteiger partial charge in [-0.1, -0.05) is 60.7 Å². The van der Waals surface area contributed by atoms with Gasteiger partial charge in [0.25, 0.3) is 5.91 Å². The van der Waals surface area contributed by atoms with Crippen LogP contribution in [-0.2, 0) is 14.4 Å². The van der Waals surface area contributed by atoms with Crippen LogP contribution in [0.4, 0.5) is 5.69 Å². The lowest BCUT2D eigenvalue weighted by Crippen LogP contribution is -2.36. The molecule has 1 saturated heterocycles. The quantitative estimate of drug-likeness (QED) is 0.622. The molecule has 7 heteroatoms. The molecule has 3 aromatic carbocycles. The fraction of sp³-hybridized carbons (Fsp3) is 0.115. The van der Waals surface area contributed by atoms with Crippen LogP contribution in [0.5, 0.6) is 0 Å². The Kier molecular flexibility index (Phi) is 5.04. The van der Waals surface area contributed by atoms with Crippen molar-refractivity contribution in [3.05, 3.63) is 102 Å². The molecule has 0 bridgehead atoms. The minimum atomic E-state index is -1.00. The lowest BCUT2D eigenvalue weighted by molar-refractivity contribution is -0.122. The summed E-state index contributed by atoms with van der Waals surface area (Å²) in [4.78, 5) is 41.2. The molecule has 0 saturated carbocycles. The molecule has 0 aromatic heterocycles. The van der Waals surface area contributed by atoms with Gasteiger partial charge in [-0.2, -0.15) is 10.4 Å². The number of carbonyl (C=O) groups is 3. The molecule has 0 aliphatic carbocycles. The van der Waals surface area contributed by atoms with Gasteiger partial charge >= 0.3 is 0 Å². The van der Waals surface area contributed by atoms with Crippen molar-refractivity contribution in [1.82, 2.24) is 5.43 Å². The van der Waals surface area contributed by atoms with Crippen molar-refractivity contribution in [3.8, 4) is 6.07 Å². The lowest BCUT2D eigenvalue weighted by Gasteiger charge is -2.19. The Bertz CT molecular complexity index is 1270. The number of hydrogen-bond donors (Lipinski definition) is 1. The van der Waals surface area contributed by atoms with Crippen molar-refractivity contribution in [2.75, 3.05) is 4.90 Å². The maximum Gasteiger partial charge on any atom is 0.259 e. The summed E-state index contributed by atoms with van der Waals surface area (Å²) >= 11 is 0. The molecule has 1 fully saturated rings. The zero-order valence-electron chi connectivity index (χ0n) is 17.4. The Hall–Kier alpha value is -4.57. The predicted molar refractivity (Wildman–Crippen MR) is 121 cm³/mol. The first kappa shape index (κ1) is 20.3. The van der Waals surface area contributed by atoms with E-state index in [1.165, 1.54) is 0 Å². The molecule has 2 aliphatic heterocycles. The Labute approximate surface area is 190 Å². The van der Waals surface area contributed by atoms with Crippen molar-refractivity contribution < 1.29 is 14.4 Å². The third-order valence-electron chi connectivity index (χ3n) is 5.96. The van der Waals surface area contributed by atoms with Crippen molar-refractivity contribution in [1.29, 1.82) is 5.26 Å². The minimum Gasteiger partial charge on any atom is -0.296 e. The zero-order valence-corrected chi connectivity index (χ0v) is 17.4. The third-order valence-corrected chi connectivity index (χ3v) is 5.96. The van der Waals surface area contributed by atoms with Crippen LogP contribution in [-0.4, -0.2) is 29.4 Å². The fourth-order valence-electron chi connectivity index (χ4n) is 4.37. The normalized spacial score (nSPS) is 19.2. The van der Waals surface area contributed by atoms with Crippen LogP contribution < -0.4 is 10.3 Å². The highest BCUT2D eigenvalue weighted by Gasteiger charge is 2.55. The number of rotatable bonds is 5. The molecule has 0 radical (unpaired) electrons. The summed E-state index contributed by atoms with van der Waals surface area (Å²) in [6.07, 6.45) is 0. The summed E-state index contributed by atoms with van der Waals surface area (Å²) in [5, 5.41) is 13.2. The summed E-state index contributed by atoms with van der Waals surface area (Å²) in [6, 6.07) is 25.9. The molecule has 2 aliphatic rings. The average molecular weight is 434 g/mol. The molecule has 0 spiro atoms. The maximum absolute atomic E-state index is 13.8. The van der Waals surface area contributed by atoms with Gasteiger partial charge in [0.2, 0.25) is 5.91 Å².